The van der Waals surface area contributed by atoms with Gasteiger partial charge in [-0.15, -0.1) is 10.2 Å². The normalized spacial score (nSPS) is 11.4. The van der Waals surface area contributed by atoms with Crippen molar-refractivity contribution in [3.05, 3.63) is 74.9 Å². The van der Waals surface area contributed by atoms with Crippen LogP contribution in [-0.4, -0.2) is 40.4 Å². The van der Waals surface area contributed by atoms with Crippen LogP contribution in [-0.2, 0) is 4.79 Å². The van der Waals surface area contributed by atoms with Crippen molar-refractivity contribution in [2.45, 2.75) is 12.1 Å². The highest BCUT2D eigenvalue weighted by Crippen LogP contribution is 2.35. The van der Waals surface area contributed by atoms with Crippen molar-refractivity contribution in [3.63, 3.8) is 0 Å². The number of aromatic nitrogens is 2. The van der Waals surface area contributed by atoms with E-state index < -0.39 is 10.9 Å². The highest BCUT2D eigenvalue weighted by atomic mass is 32.2. The number of hydrogen-bond acceptors (Lipinski definition) is 10. The first-order chi connectivity index (χ1) is 17.3. The van der Waals surface area contributed by atoms with Crippen molar-refractivity contribution >= 4 is 29.5 Å². The van der Waals surface area contributed by atoms with E-state index in [-0.39, 0.29) is 27.5 Å². The number of carbonyl (C=O) groups is 1. The van der Waals surface area contributed by atoms with Gasteiger partial charge >= 0.3 is 5.97 Å². The number of hydrogen-bond donors (Lipinski definition) is 1. The van der Waals surface area contributed by atoms with Gasteiger partial charge in [0, 0.05) is 34.9 Å². The van der Waals surface area contributed by atoms with Crippen LogP contribution in [0.25, 0.3) is 28.9 Å². The lowest BCUT2D eigenvalue weighted by atomic mass is 10.1. The van der Waals surface area contributed by atoms with E-state index >= 15 is 0 Å². The SMILES string of the molecule is COc1cc(OC)cc(-c2nnc(S/C(=C\c3ccc(-c4cccc([N+](=O)[O-])c4C)o3)C(=O)O)o2)c1. The van der Waals surface area contributed by atoms with E-state index in [2.05, 4.69) is 10.2 Å². The Labute approximate surface area is 208 Å². The molecule has 2 heterocycles. The summed E-state index contributed by atoms with van der Waals surface area (Å²) in [5, 5.41) is 28.8. The maximum atomic E-state index is 11.9. The van der Waals surface area contributed by atoms with Crippen molar-refractivity contribution in [2.24, 2.45) is 0 Å². The Morgan fingerprint density at radius 3 is 2.44 bits per heavy atom. The summed E-state index contributed by atoms with van der Waals surface area (Å²) >= 11 is 0.751. The van der Waals surface area contributed by atoms with Gasteiger partial charge in [-0.2, -0.15) is 0 Å². The van der Waals surface area contributed by atoms with Gasteiger partial charge in [-0.05, 0) is 43.0 Å². The fourth-order valence-corrected chi connectivity index (χ4v) is 3.97. The maximum absolute atomic E-state index is 11.9. The first-order valence-corrected chi connectivity index (χ1v) is 11.1. The molecule has 0 bridgehead atoms. The van der Waals surface area contributed by atoms with Crippen molar-refractivity contribution in [2.75, 3.05) is 14.2 Å². The van der Waals surface area contributed by atoms with Crippen LogP contribution in [0.4, 0.5) is 5.69 Å². The monoisotopic (exact) mass is 509 g/mol. The minimum absolute atomic E-state index is 0.00162. The van der Waals surface area contributed by atoms with Crippen LogP contribution < -0.4 is 9.47 Å². The third-order valence-electron chi connectivity index (χ3n) is 5.08. The van der Waals surface area contributed by atoms with Crippen molar-refractivity contribution in [1.29, 1.82) is 0 Å². The zero-order valence-electron chi connectivity index (χ0n) is 19.3. The predicted octanol–water partition coefficient (Wildman–Crippen LogP) is 5.45. The van der Waals surface area contributed by atoms with E-state index in [0.29, 0.717) is 33.9 Å². The molecule has 0 aliphatic heterocycles. The van der Waals surface area contributed by atoms with Crippen molar-refractivity contribution in [3.8, 4) is 34.3 Å². The molecule has 12 heteroatoms. The maximum Gasteiger partial charge on any atom is 0.342 e. The largest absolute Gasteiger partial charge is 0.497 e. The van der Waals surface area contributed by atoms with Crippen molar-refractivity contribution in [1.82, 2.24) is 10.2 Å². The molecular weight excluding hydrogens is 490 g/mol. The van der Waals surface area contributed by atoms with Crippen molar-refractivity contribution < 1.29 is 33.1 Å². The molecule has 0 atom stereocenters. The van der Waals surface area contributed by atoms with Gasteiger partial charge in [-0.3, -0.25) is 10.1 Å². The molecular formula is C24H19N3O8S. The van der Waals surface area contributed by atoms with E-state index in [0.717, 1.165) is 11.8 Å². The Morgan fingerprint density at radius 2 is 1.81 bits per heavy atom. The number of rotatable bonds is 9. The molecule has 0 radical (unpaired) electrons. The second-order valence-corrected chi connectivity index (χ2v) is 8.29. The van der Waals surface area contributed by atoms with Crippen LogP contribution in [0.2, 0.25) is 0 Å². The number of aliphatic carboxylic acids is 1. The van der Waals surface area contributed by atoms with E-state index in [1.165, 1.54) is 26.4 Å². The first-order valence-electron chi connectivity index (χ1n) is 10.3. The number of nitro groups is 1. The average Bonchev–Trinajstić information content (AvgIpc) is 3.53. The number of nitrogens with zero attached hydrogens (tertiary/aromatic N) is 3. The molecule has 36 heavy (non-hydrogen) atoms. The van der Waals surface area contributed by atoms with Crippen LogP contribution in [0.3, 0.4) is 0 Å². The minimum Gasteiger partial charge on any atom is -0.497 e. The Bertz CT molecular complexity index is 1450. The number of methoxy groups -OCH3 is 2. The van der Waals surface area contributed by atoms with Gasteiger partial charge in [0.05, 0.1) is 19.1 Å². The molecule has 2 aromatic heterocycles. The van der Waals surface area contributed by atoms with Crippen LogP contribution in [0.1, 0.15) is 11.3 Å². The van der Waals surface area contributed by atoms with E-state index in [9.17, 15) is 20.0 Å². The highest BCUT2D eigenvalue weighted by Gasteiger charge is 2.19. The Kier molecular flexibility index (Phi) is 7.06. The number of furan rings is 1. The summed E-state index contributed by atoms with van der Waals surface area (Å²) in [7, 11) is 3.02. The van der Waals surface area contributed by atoms with Crippen LogP contribution in [0.5, 0.6) is 11.5 Å². The lowest BCUT2D eigenvalue weighted by molar-refractivity contribution is -0.385. The van der Waals surface area contributed by atoms with E-state index in [4.69, 9.17) is 18.3 Å². The molecule has 0 amide bonds. The van der Waals surface area contributed by atoms with Gasteiger partial charge in [0.15, 0.2) is 0 Å². The van der Waals surface area contributed by atoms with Crippen LogP contribution >= 0.6 is 11.8 Å². The Morgan fingerprint density at radius 1 is 1.08 bits per heavy atom. The topological polar surface area (TPSA) is 151 Å². The van der Waals surface area contributed by atoms with Crippen LogP contribution in [0, 0.1) is 17.0 Å². The molecule has 2 aromatic carbocycles. The Balaban J connectivity index is 1.59. The second-order valence-electron chi connectivity index (χ2n) is 7.30. The zero-order valence-corrected chi connectivity index (χ0v) is 20.1. The molecule has 0 saturated carbocycles. The molecule has 1 N–H and O–H groups in total. The number of carboxylic acids is 1. The minimum atomic E-state index is -1.23. The fourth-order valence-electron chi connectivity index (χ4n) is 3.32. The number of thioether (sulfide) groups is 1. The predicted molar refractivity (Wildman–Crippen MR) is 130 cm³/mol. The first kappa shape index (κ1) is 24.5. The van der Waals surface area contributed by atoms with E-state index in [1.807, 2.05) is 0 Å². The van der Waals surface area contributed by atoms with Gasteiger partial charge in [-0.1, -0.05) is 12.1 Å². The molecule has 0 spiro atoms. The standard InChI is InChI=1S/C24H19N3O8S/c1-13-18(5-4-6-19(13)27(30)31)20-8-7-15(34-20)12-21(23(28)29)36-24-26-25-22(35-24)14-9-16(32-2)11-17(10-14)33-3/h4-12H,1-3H3,(H,28,29)/b21-12-. The number of nitro benzene ring substituents is 1. The Hall–Kier alpha value is -4.58. The van der Waals surface area contributed by atoms with Crippen LogP contribution in [0.15, 0.2) is 67.5 Å². The molecule has 11 nitrogen and oxygen atoms in total. The summed E-state index contributed by atoms with van der Waals surface area (Å²) in [6, 6.07) is 12.9. The fraction of sp³-hybridized carbons (Fsp3) is 0.125. The molecule has 4 aromatic rings. The molecule has 0 aliphatic carbocycles. The summed E-state index contributed by atoms with van der Waals surface area (Å²) < 4.78 is 21.9. The lowest BCUT2D eigenvalue weighted by Crippen LogP contribution is -1.96. The molecule has 4 rings (SSSR count). The quantitative estimate of drug-likeness (QED) is 0.133. The number of carboxylic acid groups (broad SMARTS) is 1. The van der Waals surface area contributed by atoms with Gasteiger partial charge in [0.25, 0.3) is 10.9 Å². The summed E-state index contributed by atoms with van der Waals surface area (Å²) in [5.74, 6) is 0.571. The molecule has 0 saturated heterocycles. The third kappa shape index (κ3) is 5.23. The van der Waals surface area contributed by atoms with Gasteiger partial charge in [-0.25, -0.2) is 4.79 Å². The molecule has 0 fully saturated rings. The highest BCUT2D eigenvalue weighted by molar-refractivity contribution is 8.03. The van der Waals surface area contributed by atoms with Gasteiger partial charge in [0.1, 0.15) is 27.9 Å². The van der Waals surface area contributed by atoms with E-state index in [1.54, 1.807) is 49.4 Å². The van der Waals surface area contributed by atoms with Gasteiger partial charge < -0.3 is 23.4 Å². The molecule has 184 valence electrons. The molecule has 0 aliphatic rings. The summed E-state index contributed by atoms with van der Waals surface area (Å²) in [5.41, 5.74) is 1.47. The zero-order chi connectivity index (χ0) is 25.8. The second kappa shape index (κ2) is 10.4. The summed E-state index contributed by atoms with van der Waals surface area (Å²) in [6.07, 6.45) is 1.31. The van der Waals surface area contributed by atoms with Gasteiger partial charge in [0.2, 0.25) is 5.89 Å². The molecule has 0 unspecified atom stereocenters. The smallest absolute Gasteiger partial charge is 0.342 e. The lowest BCUT2D eigenvalue weighted by Gasteiger charge is -2.05. The third-order valence-corrected chi connectivity index (χ3v) is 5.93. The number of benzene rings is 2. The summed E-state index contributed by atoms with van der Waals surface area (Å²) in [6.45, 7) is 1.62. The average molecular weight is 509 g/mol. The summed E-state index contributed by atoms with van der Waals surface area (Å²) in [4.78, 5) is 22.5. The number of ether oxygens (including phenoxy) is 2.